The second-order valence-corrected chi connectivity index (χ2v) is 9.20. The van der Waals surface area contributed by atoms with Crippen LogP contribution in [-0.4, -0.2) is 30.7 Å². The summed E-state index contributed by atoms with van der Waals surface area (Å²) in [5, 5.41) is 4.14. The zero-order chi connectivity index (χ0) is 26.2. The van der Waals surface area contributed by atoms with E-state index in [0.717, 1.165) is 53.5 Å². The maximum absolute atomic E-state index is 12.5. The van der Waals surface area contributed by atoms with Gasteiger partial charge in [-0.3, -0.25) is 4.79 Å². The number of hydrogen-bond donors (Lipinski definition) is 1. The first kappa shape index (κ1) is 26.0. The number of unbranched alkanes of at least 4 members (excludes halogenated alkanes) is 2. The first-order chi connectivity index (χ1) is 18.0. The topological polar surface area (TPSA) is 69.6 Å². The maximum Gasteiger partial charge on any atom is 0.337 e. The van der Waals surface area contributed by atoms with Crippen LogP contribution in [0.25, 0.3) is 10.9 Å². The highest BCUT2D eigenvalue weighted by Crippen LogP contribution is 2.31. The molecule has 192 valence electrons. The van der Waals surface area contributed by atoms with E-state index in [1.54, 1.807) is 19.2 Å². The third-order valence-corrected chi connectivity index (χ3v) is 6.54. The summed E-state index contributed by atoms with van der Waals surface area (Å²) in [6.45, 7) is 2.87. The number of aromatic nitrogens is 1. The van der Waals surface area contributed by atoms with Crippen LogP contribution in [0.4, 0.5) is 5.69 Å². The second-order valence-electron chi connectivity index (χ2n) is 9.20. The number of ether oxygens (including phenoxy) is 2. The molecule has 4 aromatic rings. The quantitative estimate of drug-likeness (QED) is 0.187. The molecule has 0 fully saturated rings. The van der Waals surface area contributed by atoms with Gasteiger partial charge in [-0.25, -0.2) is 4.79 Å². The molecule has 0 aliphatic carbocycles. The van der Waals surface area contributed by atoms with Gasteiger partial charge in [-0.1, -0.05) is 56.2 Å². The van der Waals surface area contributed by atoms with Crippen LogP contribution < -0.4 is 10.1 Å². The number of esters is 1. The van der Waals surface area contributed by atoms with E-state index in [-0.39, 0.29) is 5.91 Å². The Hall–Kier alpha value is -4.06. The van der Waals surface area contributed by atoms with Crippen molar-refractivity contribution in [2.75, 3.05) is 19.5 Å². The number of carbonyl (C=O) groups excluding carboxylic acids is 2. The van der Waals surface area contributed by atoms with Crippen LogP contribution in [0.15, 0.2) is 72.9 Å². The molecule has 3 aromatic carbocycles. The van der Waals surface area contributed by atoms with E-state index in [0.29, 0.717) is 24.2 Å². The molecular formula is C31H34N2O4. The number of nitrogens with zero attached hydrogens (tertiary/aromatic N) is 1. The molecule has 0 unspecified atom stereocenters. The number of fused-ring (bicyclic) bond motifs is 1. The van der Waals surface area contributed by atoms with Gasteiger partial charge in [-0.15, -0.1) is 0 Å². The Bertz CT molecular complexity index is 1370. The average Bonchev–Trinajstić information content (AvgIpc) is 3.25. The van der Waals surface area contributed by atoms with E-state index < -0.39 is 5.97 Å². The first-order valence-electron chi connectivity index (χ1n) is 12.7. The lowest BCUT2D eigenvalue weighted by Gasteiger charge is -2.10. The van der Waals surface area contributed by atoms with Gasteiger partial charge in [0.15, 0.2) is 0 Å². The number of methoxy groups -OCH3 is 2. The van der Waals surface area contributed by atoms with Crippen molar-refractivity contribution in [1.82, 2.24) is 4.57 Å². The lowest BCUT2D eigenvalue weighted by atomic mass is 10.0. The molecule has 6 heteroatoms. The smallest absolute Gasteiger partial charge is 0.337 e. The van der Waals surface area contributed by atoms with Crippen molar-refractivity contribution in [3.8, 4) is 5.75 Å². The van der Waals surface area contributed by atoms with Crippen LogP contribution in [0, 0.1) is 0 Å². The third kappa shape index (κ3) is 6.39. The summed E-state index contributed by atoms with van der Waals surface area (Å²) in [4.78, 5) is 24.5. The summed E-state index contributed by atoms with van der Waals surface area (Å²) in [7, 11) is 2.97. The summed E-state index contributed by atoms with van der Waals surface area (Å²) >= 11 is 0. The molecule has 1 aromatic heterocycles. The molecule has 0 saturated carbocycles. The lowest BCUT2D eigenvalue weighted by Crippen LogP contribution is -2.11. The van der Waals surface area contributed by atoms with Crippen molar-refractivity contribution in [1.29, 1.82) is 0 Å². The highest BCUT2D eigenvalue weighted by atomic mass is 16.5. The summed E-state index contributed by atoms with van der Waals surface area (Å²) in [6, 6.07) is 21.8. The van der Waals surface area contributed by atoms with E-state index in [2.05, 4.69) is 47.3 Å². The van der Waals surface area contributed by atoms with Gasteiger partial charge in [0.2, 0.25) is 5.91 Å². The number of amides is 1. The Morgan fingerprint density at radius 2 is 1.73 bits per heavy atom. The molecule has 0 bridgehead atoms. The Morgan fingerprint density at radius 1 is 0.919 bits per heavy atom. The molecule has 1 amide bonds. The molecule has 0 saturated heterocycles. The summed E-state index contributed by atoms with van der Waals surface area (Å²) in [6.07, 6.45) is 6.33. The fraction of sp³-hybridized carbons (Fsp3) is 0.290. The van der Waals surface area contributed by atoms with Crippen molar-refractivity contribution in [3.05, 3.63) is 95.2 Å². The number of nitrogens with one attached hydrogen (secondary N) is 1. The summed E-state index contributed by atoms with van der Waals surface area (Å²) < 4.78 is 12.7. The summed E-state index contributed by atoms with van der Waals surface area (Å²) in [5.74, 6) is 0.272. The number of hydrogen-bond acceptors (Lipinski definition) is 4. The third-order valence-electron chi connectivity index (χ3n) is 6.54. The molecule has 1 heterocycles. The van der Waals surface area contributed by atoms with Gasteiger partial charge in [0.25, 0.3) is 0 Å². The van der Waals surface area contributed by atoms with E-state index in [9.17, 15) is 9.59 Å². The van der Waals surface area contributed by atoms with Crippen LogP contribution in [0.3, 0.4) is 0 Å². The molecule has 0 radical (unpaired) electrons. The number of rotatable bonds is 11. The van der Waals surface area contributed by atoms with Crippen LogP contribution >= 0.6 is 0 Å². The molecule has 0 atom stereocenters. The minimum Gasteiger partial charge on any atom is -0.496 e. The Balaban J connectivity index is 1.69. The molecule has 4 rings (SSSR count). The van der Waals surface area contributed by atoms with Gasteiger partial charge in [0, 0.05) is 42.2 Å². The average molecular weight is 499 g/mol. The van der Waals surface area contributed by atoms with E-state index in [1.165, 1.54) is 12.7 Å². The standard InChI is InChI=1S/C31H34N2O4/c1-4-5-7-12-30(34)32-26-15-16-28-27(19-26)25(21-33(28)20-22-10-8-6-9-11-22)17-23-13-14-24(31(35)37-3)18-29(23)36-2/h6,8-11,13-16,18-19,21H,4-5,7,12,17,20H2,1-3H3,(H,32,34). The van der Waals surface area contributed by atoms with Gasteiger partial charge in [0.1, 0.15) is 5.75 Å². The zero-order valence-electron chi connectivity index (χ0n) is 21.8. The van der Waals surface area contributed by atoms with Crippen molar-refractivity contribution in [2.45, 2.75) is 45.6 Å². The first-order valence-corrected chi connectivity index (χ1v) is 12.7. The number of carbonyl (C=O) groups is 2. The van der Waals surface area contributed by atoms with Crippen molar-refractivity contribution >= 4 is 28.5 Å². The molecule has 1 N–H and O–H groups in total. The maximum atomic E-state index is 12.5. The van der Waals surface area contributed by atoms with E-state index in [1.807, 2.05) is 30.3 Å². The minimum absolute atomic E-state index is 0.0399. The van der Waals surface area contributed by atoms with Crippen LogP contribution in [-0.2, 0) is 22.5 Å². The largest absolute Gasteiger partial charge is 0.496 e. The van der Waals surface area contributed by atoms with Gasteiger partial charge < -0.3 is 19.4 Å². The van der Waals surface area contributed by atoms with E-state index in [4.69, 9.17) is 9.47 Å². The normalized spacial score (nSPS) is 10.9. The zero-order valence-corrected chi connectivity index (χ0v) is 21.8. The van der Waals surface area contributed by atoms with E-state index >= 15 is 0 Å². The van der Waals surface area contributed by atoms with Crippen LogP contribution in [0.5, 0.6) is 5.75 Å². The minimum atomic E-state index is -0.399. The Labute approximate surface area is 218 Å². The molecule has 0 aliphatic heterocycles. The fourth-order valence-electron chi connectivity index (χ4n) is 4.60. The SMILES string of the molecule is CCCCCC(=O)Nc1ccc2c(c1)c(Cc1ccc(C(=O)OC)cc1OC)cn2Cc1ccccc1. The predicted molar refractivity (Wildman–Crippen MR) is 147 cm³/mol. The Kier molecular flexibility index (Phi) is 8.62. The highest BCUT2D eigenvalue weighted by molar-refractivity contribution is 5.95. The fourth-order valence-corrected chi connectivity index (χ4v) is 4.60. The molecule has 6 nitrogen and oxygen atoms in total. The highest BCUT2D eigenvalue weighted by Gasteiger charge is 2.15. The molecule has 37 heavy (non-hydrogen) atoms. The monoisotopic (exact) mass is 498 g/mol. The van der Waals surface area contributed by atoms with Crippen LogP contribution in [0.2, 0.25) is 0 Å². The van der Waals surface area contributed by atoms with Gasteiger partial charge in [0.05, 0.1) is 19.8 Å². The van der Waals surface area contributed by atoms with Gasteiger partial charge >= 0.3 is 5.97 Å². The number of benzene rings is 3. The van der Waals surface area contributed by atoms with Crippen molar-refractivity contribution in [2.24, 2.45) is 0 Å². The van der Waals surface area contributed by atoms with Gasteiger partial charge in [-0.2, -0.15) is 0 Å². The van der Waals surface area contributed by atoms with Crippen molar-refractivity contribution < 1.29 is 19.1 Å². The molecule has 0 aliphatic rings. The predicted octanol–water partition coefficient (Wildman–Crippen LogP) is 6.59. The summed E-state index contributed by atoms with van der Waals surface area (Å²) in [5.41, 5.74) is 5.61. The van der Waals surface area contributed by atoms with Crippen LogP contribution in [0.1, 0.15) is 59.7 Å². The second kappa shape index (κ2) is 12.3. The number of anilines is 1. The van der Waals surface area contributed by atoms with Gasteiger partial charge in [-0.05, 0) is 53.4 Å². The lowest BCUT2D eigenvalue weighted by molar-refractivity contribution is -0.116. The Morgan fingerprint density at radius 3 is 2.46 bits per heavy atom. The molecule has 0 spiro atoms. The molecular weight excluding hydrogens is 464 g/mol. The van der Waals surface area contributed by atoms with Crippen molar-refractivity contribution in [3.63, 3.8) is 0 Å².